The highest BCUT2D eigenvalue weighted by atomic mass is 32.2. The lowest BCUT2D eigenvalue weighted by atomic mass is 10.0. The van der Waals surface area contributed by atoms with E-state index in [1.165, 1.54) is 4.90 Å². The Morgan fingerprint density at radius 1 is 0.962 bits per heavy atom. The number of alkyl carbamates (subject to hydrolysis) is 1. The summed E-state index contributed by atoms with van der Waals surface area (Å²) < 4.78 is 40.0. The van der Waals surface area contributed by atoms with Crippen molar-refractivity contribution in [3.8, 4) is 0 Å². The van der Waals surface area contributed by atoms with Gasteiger partial charge < -0.3 is 25.0 Å². The Morgan fingerprint density at radius 2 is 1.63 bits per heavy atom. The van der Waals surface area contributed by atoms with Crippen LogP contribution in [0.1, 0.15) is 103 Å². The number of hydrogen-bond acceptors (Lipinski definition) is 9. The van der Waals surface area contributed by atoms with E-state index in [4.69, 9.17) is 9.47 Å². The Kier molecular flexibility index (Phi) is 10.9. The van der Waals surface area contributed by atoms with Crippen LogP contribution >= 0.6 is 0 Å². The molecular weight excluding hydrogens is 690 g/mol. The van der Waals surface area contributed by atoms with Crippen molar-refractivity contribution in [2.45, 2.75) is 139 Å². The average molecular weight is 742 g/mol. The number of rotatable bonds is 5. The van der Waals surface area contributed by atoms with Crippen molar-refractivity contribution in [3.63, 3.8) is 0 Å². The van der Waals surface area contributed by atoms with Gasteiger partial charge in [0, 0.05) is 25.4 Å². The van der Waals surface area contributed by atoms with Crippen molar-refractivity contribution < 1.29 is 41.9 Å². The fourth-order valence-electron chi connectivity index (χ4n) is 7.80. The summed E-state index contributed by atoms with van der Waals surface area (Å²) in [4.78, 5) is 71.6. The second-order valence-corrected chi connectivity index (χ2v) is 17.8. The number of fused-ring (bicyclic) bond motifs is 3. The van der Waals surface area contributed by atoms with Gasteiger partial charge in [-0.2, -0.15) is 0 Å². The number of hydrogen-bond donors (Lipinski definition) is 3. The van der Waals surface area contributed by atoms with Crippen LogP contribution in [0.2, 0.25) is 0 Å². The molecule has 2 aliphatic carbocycles. The number of benzene rings is 1. The van der Waals surface area contributed by atoms with E-state index in [9.17, 15) is 32.4 Å². The maximum Gasteiger partial charge on any atom is 0.410 e. The maximum atomic E-state index is 14.3. The van der Waals surface area contributed by atoms with E-state index >= 15 is 0 Å². The van der Waals surface area contributed by atoms with Gasteiger partial charge >= 0.3 is 12.2 Å². The van der Waals surface area contributed by atoms with Gasteiger partial charge in [0.1, 0.15) is 29.3 Å². The van der Waals surface area contributed by atoms with E-state index in [-0.39, 0.29) is 25.8 Å². The summed E-state index contributed by atoms with van der Waals surface area (Å²) in [5.74, 6) is -2.46. The van der Waals surface area contributed by atoms with Crippen molar-refractivity contribution in [3.05, 3.63) is 47.5 Å². The van der Waals surface area contributed by atoms with E-state index in [0.717, 1.165) is 36.8 Å². The molecule has 15 heteroatoms. The predicted molar refractivity (Wildman–Crippen MR) is 190 cm³/mol. The highest BCUT2D eigenvalue weighted by molar-refractivity contribution is 7.90. The molecule has 5 aliphatic rings. The monoisotopic (exact) mass is 741 g/mol. The molecule has 14 nitrogen and oxygen atoms in total. The third-order valence-electron chi connectivity index (χ3n) is 10.7. The molecule has 0 unspecified atom stereocenters. The van der Waals surface area contributed by atoms with Gasteiger partial charge in [-0.25, -0.2) is 18.0 Å². The number of nitrogens with zero attached hydrogens (tertiary/aromatic N) is 2. The van der Waals surface area contributed by atoms with E-state index in [1.54, 1.807) is 25.7 Å². The first-order valence-electron chi connectivity index (χ1n) is 18.5. The zero-order valence-electron chi connectivity index (χ0n) is 30.2. The zero-order valence-corrected chi connectivity index (χ0v) is 31.0. The first-order chi connectivity index (χ1) is 24.6. The quantitative estimate of drug-likeness (QED) is 0.379. The van der Waals surface area contributed by atoms with Gasteiger partial charge in [0.25, 0.3) is 5.91 Å². The minimum absolute atomic E-state index is 0.0537. The van der Waals surface area contributed by atoms with Crippen LogP contribution in [0, 0.1) is 5.92 Å². The van der Waals surface area contributed by atoms with Gasteiger partial charge in [0.15, 0.2) is 0 Å². The highest BCUT2D eigenvalue weighted by Crippen LogP contribution is 2.46. The standard InChI is InChI=1S/C37H51N5O9S/c1-36(2,3)51-34(46)38-29-18-8-6-4-5-7-15-26-20-37(26,33(45)40-52(48,49)28-16-11-12-17-28)39-31(43)30-19-27(23-42(30)32(29)44)50-35(47)41-21-24-13-9-10-14-25(24)22-41/h7,9-10,13-15,26-30H,4-6,8,11-12,16-23H2,1-3H3,(H,38,46)(H,39,43)(H,40,45)/b15-7-/t26-,27-,29+,30+,37-/m1/s1. The molecule has 284 valence electrons. The van der Waals surface area contributed by atoms with Gasteiger partial charge in [-0.05, 0) is 70.4 Å². The summed E-state index contributed by atoms with van der Waals surface area (Å²) in [5, 5.41) is 4.88. The van der Waals surface area contributed by atoms with Crippen LogP contribution in [0.25, 0.3) is 0 Å². The molecule has 1 saturated heterocycles. The number of nitrogens with one attached hydrogen (secondary N) is 3. The fraction of sp³-hybridized carbons (Fsp3) is 0.649. The molecule has 5 amide bonds. The topological polar surface area (TPSA) is 181 Å². The number of carbonyl (C=O) groups excluding carboxylic acids is 5. The third kappa shape index (κ3) is 8.56. The van der Waals surface area contributed by atoms with Gasteiger partial charge in [-0.15, -0.1) is 0 Å². The van der Waals surface area contributed by atoms with Gasteiger partial charge in [0.2, 0.25) is 21.8 Å². The number of carbonyl (C=O) groups is 5. The predicted octanol–water partition coefficient (Wildman–Crippen LogP) is 3.79. The van der Waals surface area contributed by atoms with Crippen LogP contribution in [-0.2, 0) is 47.0 Å². The van der Waals surface area contributed by atoms with Gasteiger partial charge in [-0.1, -0.05) is 62.1 Å². The Morgan fingerprint density at radius 3 is 2.31 bits per heavy atom. The van der Waals surface area contributed by atoms with Crippen molar-refractivity contribution in [1.82, 2.24) is 25.2 Å². The lowest BCUT2D eigenvalue weighted by molar-refractivity contribution is -0.141. The Labute approximate surface area is 305 Å². The second-order valence-electron chi connectivity index (χ2n) is 15.8. The smallest absolute Gasteiger partial charge is 0.410 e. The Bertz CT molecular complexity index is 1680. The summed E-state index contributed by atoms with van der Waals surface area (Å²) in [5.41, 5.74) is -0.324. The Balaban J connectivity index is 1.25. The van der Waals surface area contributed by atoms with Gasteiger partial charge in [-0.3, -0.25) is 24.0 Å². The fourth-order valence-corrected chi connectivity index (χ4v) is 9.36. The molecule has 3 fully saturated rings. The van der Waals surface area contributed by atoms with Crippen molar-refractivity contribution in [2.75, 3.05) is 6.54 Å². The molecule has 0 bridgehead atoms. The molecule has 3 N–H and O–H groups in total. The normalized spacial score (nSPS) is 29.1. The minimum Gasteiger partial charge on any atom is -0.444 e. The zero-order chi connectivity index (χ0) is 37.3. The number of ether oxygens (including phenoxy) is 2. The molecule has 3 aliphatic heterocycles. The first-order valence-corrected chi connectivity index (χ1v) is 20.1. The molecule has 52 heavy (non-hydrogen) atoms. The lowest BCUT2D eigenvalue weighted by Gasteiger charge is -2.30. The number of allylic oxidation sites excluding steroid dienone is 1. The summed E-state index contributed by atoms with van der Waals surface area (Å²) in [6, 6.07) is 5.49. The highest BCUT2D eigenvalue weighted by Gasteiger charge is 2.62. The van der Waals surface area contributed by atoms with Crippen LogP contribution in [0.5, 0.6) is 0 Å². The third-order valence-corrected chi connectivity index (χ3v) is 12.5. The van der Waals surface area contributed by atoms with E-state index in [2.05, 4.69) is 15.4 Å². The van der Waals surface area contributed by atoms with Gasteiger partial charge in [0.05, 0.1) is 11.8 Å². The molecule has 5 atom stereocenters. The number of sulfonamides is 1. The van der Waals surface area contributed by atoms with E-state index in [0.29, 0.717) is 38.8 Å². The minimum atomic E-state index is -3.97. The van der Waals surface area contributed by atoms with Crippen LogP contribution in [0.15, 0.2) is 36.4 Å². The molecule has 2 saturated carbocycles. The molecule has 0 spiro atoms. The molecular formula is C37H51N5O9S. The van der Waals surface area contributed by atoms with Crippen LogP contribution in [0.3, 0.4) is 0 Å². The summed E-state index contributed by atoms with van der Waals surface area (Å²) >= 11 is 0. The van der Waals surface area contributed by atoms with E-state index in [1.807, 2.05) is 36.4 Å². The summed E-state index contributed by atoms with van der Waals surface area (Å²) in [6.07, 6.45) is 7.27. The van der Waals surface area contributed by atoms with Crippen molar-refractivity contribution in [1.29, 1.82) is 0 Å². The molecule has 0 radical (unpaired) electrons. The molecule has 1 aromatic carbocycles. The van der Waals surface area contributed by atoms with Crippen molar-refractivity contribution >= 4 is 39.9 Å². The molecule has 0 aromatic heterocycles. The Hall–Kier alpha value is -4.14. The summed E-state index contributed by atoms with van der Waals surface area (Å²) in [7, 11) is -3.97. The SMILES string of the molecule is CC(C)(C)OC(=O)N[C@H]1CCCCC/C=C\[C@@H]2C[C@@]2(C(=O)NS(=O)(=O)C2CCCC2)NC(=O)[C@@H]2C[C@@H](OC(=O)N3Cc4ccccc4C3)CN2C1=O. The summed E-state index contributed by atoms with van der Waals surface area (Å²) in [6.45, 7) is 5.76. The number of amides is 5. The largest absolute Gasteiger partial charge is 0.444 e. The van der Waals surface area contributed by atoms with Crippen LogP contribution in [0.4, 0.5) is 9.59 Å². The van der Waals surface area contributed by atoms with Crippen molar-refractivity contribution in [2.24, 2.45) is 5.92 Å². The molecule has 3 heterocycles. The van der Waals surface area contributed by atoms with Crippen LogP contribution in [-0.4, -0.2) is 89.2 Å². The lowest BCUT2D eigenvalue weighted by Crippen LogP contribution is -2.58. The van der Waals surface area contributed by atoms with Crippen LogP contribution < -0.4 is 15.4 Å². The molecule has 6 rings (SSSR count). The molecule has 1 aromatic rings. The first kappa shape index (κ1) is 37.6. The average Bonchev–Trinajstić information content (AvgIpc) is 3.53. The second kappa shape index (κ2) is 15.1. The van der Waals surface area contributed by atoms with E-state index < -0.39 is 80.4 Å². The maximum absolute atomic E-state index is 14.3.